The number of nitrogens with two attached hydrogens (primary N) is 1. The normalized spacial score (nSPS) is 11.1. The monoisotopic (exact) mass is 459 g/mol. The SMILES string of the molecule is COc1cc(F)c(Cc2n[nH]c(=O)c3ccccc23)cc1-c1ccc2nc(OC(N)=O)[nH]c2c1. The van der Waals surface area contributed by atoms with Gasteiger partial charge in [-0.15, -0.1) is 0 Å². The Morgan fingerprint density at radius 1 is 1.12 bits per heavy atom. The van der Waals surface area contributed by atoms with Gasteiger partial charge < -0.3 is 20.2 Å². The van der Waals surface area contributed by atoms with Crippen LogP contribution in [0.25, 0.3) is 32.9 Å². The van der Waals surface area contributed by atoms with E-state index in [1.54, 1.807) is 48.5 Å². The number of primary amides is 1. The number of aromatic nitrogens is 4. The van der Waals surface area contributed by atoms with Crippen molar-refractivity contribution in [1.82, 2.24) is 20.2 Å². The molecule has 0 fully saturated rings. The number of hydrogen-bond acceptors (Lipinski definition) is 6. The van der Waals surface area contributed by atoms with E-state index in [-0.39, 0.29) is 18.0 Å². The molecular weight excluding hydrogens is 441 g/mol. The third kappa shape index (κ3) is 3.81. The molecular formula is C24H18FN5O4. The van der Waals surface area contributed by atoms with Crippen molar-refractivity contribution in [3.8, 4) is 22.9 Å². The van der Waals surface area contributed by atoms with Crippen LogP contribution < -0.4 is 20.8 Å². The van der Waals surface area contributed by atoms with Crippen LogP contribution in [-0.2, 0) is 6.42 Å². The van der Waals surface area contributed by atoms with Crippen molar-refractivity contribution in [3.05, 3.63) is 82.0 Å². The molecule has 0 aliphatic carbocycles. The second-order valence-electron chi connectivity index (χ2n) is 7.56. The van der Waals surface area contributed by atoms with Crippen LogP contribution in [0.4, 0.5) is 9.18 Å². The smallest absolute Gasteiger partial charge is 0.412 e. The molecule has 2 aromatic heterocycles. The first-order chi connectivity index (χ1) is 16.4. The van der Waals surface area contributed by atoms with Gasteiger partial charge in [-0.2, -0.15) is 10.1 Å². The van der Waals surface area contributed by atoms with Crippen molar-refractivity contribution in [1.29, 1.82) is 0 Å². The molecule has 3 aromatic carbocycles. The van der Waals surface area contributed by atoms with E-state index in [1.165, 1.54) is 13.2 Å². The van der Waals surface area contributed by atoms with Gasteiger partial charge >= 0.3 is 12.1 Å². The maximum absolute atomic E-state index is 15.0. The summed E-state index contributed by atoms with van der Waals surface area (Å²) in [7, 11) is 1.46. The van der Waals surface area contributed by atoms with Gasteiger partial charge in [0.05, 0.1) is 29.2 Å². The molecule has 1 amide bonds. The summed E-state index contributed by atoms with van der Waals surface area (Å²) in [6.45, 7) is 0. The Morgan fingerprint density at radius 2 is 1.91 bits per heavy atom. The molecule has 4 N–H and O–H groups in total. The summed E-state index contributed by atoms with van der Waals surface area (Å²) < 4.78 is 25.2. The first-order valence-corrected chi connectivity index (χ1v) is 10.2. The summed E-state index contributed by atoms with van der Waals surface area (Å²) in [6, 6.07) is 15.3. The van der Waals surface area contributed by atoms with Gasteiger partial charge in [0.15, 0.2) is 0 Å². The first-order valence-electron chi connectivity index (χ1n) is 10.2. The third-order valence-corrected chi connectivity index (χ3v) is 5.47. The van der Waals surface area contributed by atoms with E-state index in [0.717, 1.165) is 5.56 Å². The molecule has 170 valence electrons. The Bertz CT molecular complexity index is 1630. The molecule has 10 heteroatoms. The van der Waals surface area contributed by atoms with Crippen molar-refractivity contribution in [2.45, 2.75) is 6.42 Å². The lowest BCUT2D eigenvalue weighted by Gasteiger charge is -2.13. The second kappa shape index (κ2) is 8.32. The van der Waals surface area contributed by atoms with Crippen molar-refractivity contribution >= 4 is 27.9 Å². The Hall–Kier alpha value is -4.73. The van der Waals surface area contributed by atoms with Crippen LogP contribution in [-0.4, -0.2) is 33.4 Å². The molecule has 9 nitrogen and oxygen atoms in total. The highest BCUT2D eigenvalue weighted by atomic mass is 19.1. The molecule has 34 heavy (non-hydrogen) atoms. The highest BCUT2D eigenvalue weighted by Gasteiger charge is 2.16. The van der Waals surface area contributed by atoms with Crippen molar-refractivity contribution in [2.75, 3.05) is 7.11 Å². The van der Waals surface area contributed by atoms with E-state index < -0.39 is 11.9 Å². The number of benzene rings is 3. The maximum Gasteiger partial charge on any atom is 0.412 e. The minimum atomic E-state index is -0.979. The Kier molecular flexibility index (Phi) is 5.17. The van der Waals surface area contributed by atoms with Crippen LogP contribution in [0, 0.1) is 5.82 Å². The van der Waals surface area contributed by atoms with Gasteiger partial charge in [0.2, 0.25) is 0 Å². The summed E-state index contributed by atoms with van der Waals surface area (Å²) in [4.78, 5) is 30.1. The fourth-order valence-electron chi connectivity index (χ4n) is 3.91. The zero-order chi connectivity index (χ0) is 23.8. The van der Waals surface area contributed by atoms with Crippen LogP contribution in [0.5, 0.6) is 11.8 Å². The van der Waals surface area contributed by atoms with Crippen molar-refractivity contribution < 1.29 is 18.7 Å². The third-order valence-electron chi connectivity index (χ3n) is 5.47. The number of hydrogen-bond donors (Lipinski definition) is 3. The lowest BCUT2D eigenvalue weighted by Crippen LogP contribution is -2.16. The number of methoxy groups -OCH3 is 1. The van der Waals surface area contributed by atoms with Crippen LogP contribution >= 0.6 is 0 Å². The molecule has 0 unspecified atom stereocenters. The largest absolute Gasteiger partial charge is 0.496 e. The Balaban J connectivity index is 1.59. The number of carbonyl (C=O) groups excluding carboxylic acids is 1. The number of fused-ring (bicyclic) bond motifs is 2. The zero-order valence-corrected chi connectivity index (χ0v) is 17.9. The summed E-state index contributed by atoms with van der Waals surface area (Å²) >= 11 is 0. The van der Waals surface area contributed by atoms with E-state index >= 15 is 4.39 Å². The number of carbonyl (C=O) groups is 1. The van der Waals surface area contributed by atoms with Gasteiger partial charge in [0.1, 0.15) is 11.6 Å². The van der Waals surface area contributed by atoms with Crippen molar-refractivity contribution in [3.63, 3.8) is 0 Å². The maximum atomic E-state index is 15.0. The molecule has 0 aliphatic rings. The lowest BCUT2D eigenvalue weighted by molar-refractivity contribution is 0.207. The molecule has 0 atom stereocenters. The van der Waals surface area contributed by atoms with Gasteiger partial charge in [0.25, 0.3) is 5.56 Å². The van der Waals surface area contributed by atoms with E-state index in [2.05, 4.69) is 20.2 Å². The predicted molar refractivity (Wildman–Crippen MR) is 123 cm³/mol. The van der Waals surface area contributed by atoms with Gasteiger partial charge in [-0.05, 0) is 35.4 Å². The first kappa shape index (κ1) is 21.1. The van der Waals surface area contributed by atoms with E-state index in [1.807, 2.05) is 0 Å². The number of nitrogens with one attached hydrogen (secondary N) is 2. The van der Waals surface area contributed by atoms with Crippen LogP contribution in [0.15, 0.2) is 59.4 Å². The summed E-state index contributed by atoms with van der Waals surface area (Å²) in [6.07, 6.45) is -0.823. The number of H-pyrrole nitrogens is 2. The second-order valence-corrected chi connectivity index (χ2v) is 7.56. The standard InChI is InChI=1S/C24H18FN5O4/c1-33-21-11-17(25)13(10-19-14-4-2-3-5-15(14)22(31)30-29-19)8-16(21)12-6-7-18-20(9-12)28-24(27-18)34-23(26)32/h2-9,11H,10H2,1H3,(H2,26,32)(H,27,28)(H,30,31). The highest BCUT2D eigenvalue weighted by Crippen LogP contribution is 2.35. The molecule has 2 heterocycles. The predicted octanol–water partition coefficient (Wildman–Crippen LogP) is 3.66. The van der Waals surface area contributed by atoms with Gasteiger partial charge in [-0.1, -0.05) is 24.3 Å². The Labute approximate surface area is 191 Å². The van der Waals surface area contributed by atoms with Crippen LogP contribution in [0.1, 0.15) is 11.3 Å². The number of aromatic amines is 2. The number of ether oxygens (including phenoxy) is 2. The fraction of sp³-hybridized carbons (Fsp3) is 0.0833. The highest BCUT2D eigenvalue weighted by molar-refractivity contribution is 5.85. The summed E-state index contributed by atoms with van der Waals surface area (Å²) in [5.41, 5.74) is 8.18. The summed E-state index contributed by atoms with van der Waals surface area (Å²) in [5.74, 6) is -0.120. The van der Waals surface area contributed by atoms with Crippen LogP contribution in [0.3, 0.4) is 0 Å². The average Bonchev–Trinajstić information content (AvgIpc) is 3.22. The summed E-state index contributed by atoms with van der Waals surface area (Å²) in [5, 5.41) is 7.78. The van der Waals surface area contributed by atoms with Crippen molar-refractivity contribution in [2.24, 2.45) is 5.73 Å². The van der Waals surface area contributed by atoms with Crippen LogP contribution in [0.2, 0.25) is 0 Å². The molecule has 5 aromatic rings. The molecule has 0 spiro atoms. The number of rotatable bonds is 5. The van der Waals surface area contributed by atoms with Gasteiger partial charge in [0, 0.05) is 23.4 Å². The molecule has 5 rings (SSSR count). The molecule has 0 radical (unpaired) electrons. The number of nitrogens with zero attached hydrogens (tertiary/aromatic N) is 2. The quantitative estimate of drug-likeness (QED) is 0.367. The number of amides is 1. The van der Waals surface area contributed by atoms with Gasteiger partial charge in [-0.3, -0.25) is 4.79 Å². The molecule has 0 aliphatic heterocycles. The number of imidazole rings is 1. The molecule has 0 saturated heterocycles. The minimum Gasteiger partial charge on any atom is -0.496 e. The van der Waals surface area contributed by atoms with Gasteiger partial charge in [-0.25, -0.2) is 14.3 Å². The minimum absolute atomic E-state index is 0.0255. The Morgan fingerprint density at radius 3 is 2.68 bits per heavy atom. The zero-order valence-electron chi connectivity index (χ0n) is 17.9. The topological polar surface area (TPSA) is 136 Å². The molecule has 0 saturated carbocycles. The van der Waals surface area contributed by atoms with E-state index in [9.17, 15) is 9.59 Å². The number of halogens is 1. The lowest BCUT2D eigenvalue weighted by atomic mass is 9.97. The van der Waals surface area contributed by atoms with E-state index in [0.29, 0.717) is 44.4 Å². The van der Waals surface area contributed by atoms with E-state index in [4.69, 9.17) is 15.2 Å². The average molecular weight is 459 g/mol. The molecule has 0 bridgehead atoms. The fourth-order valence-corrected chi connectivity index (χ4v) is 3.91.